The Bertz CT molecular complexity index is 1310. The van der Waals surface area contributed by atoms with E-state index in [4.69, 9.17) is 9.72 Å². The highest BCUT2D eigenvalue weighted by Crippen LogP contribution is 2.32. The number of aryl methyl sites for hydroxylation is 1. The first-order valence-electron chi connectivity index (χ1n) is 13.4. The minimum atomic E-state index is -0.115. The monoisotopic (exact) mass is 496 g/mol. The number of nitrogens with zero attached hydrogens (tertiary/aromatic N) is 3. The number of amides is 1. The molecule has 0 aliphatic carbocycles. The summed E-state index contributed by atoms with van der Waals surface area (Å²) in [7, 11) is 0. The van der Waals surface area contributed by atoms with Crippen LogP contribution in [0.4, 0.5) is 0 Å². The molecule has 3 heterocycles. The zero-order valence-electron chi connectivity index (χ0n) is 21.6. The normalized spacial score (nSPS) is 14.9. The van der Waals surface area contributed by atoms with Crippen LogP contribution in [0.15, 0.2) is 79.1 Å². The third-order valence-corrected chi connectivity index (χ3v) is 7.28. The zero-order valence-corrected chi connectivity index (χ0v) is 21.6. The smallest absolute Gasteiger partial charge is 0.221 e. The molecule has 0 bridgehead atoms. The molecule has 1 unspecified atom stereocenters. The van der Waals surface area contributed by atoms with Crippen molar-refractivity contribution in [2.24, 2.45) is 0 Å². The summed E-state index contributed by atoms with van der Waals surface area (Å²) >= 11 is 0. The molecule has 6 nitrogen and oxygen atoms in total. The summed E-state index contributed by atoms with van der Waals surface area (Å²) in [5.74, 6) is 0.680. The number of piperidine rings is 1. The third-order valence-electron chi connectivity index (χ3n) is 7.28. The standard InChI is InChI=1S/C31H36N4O2/c1-24-11-6-7-14-26(24)27(21-30(36)32-16-20-34-17-8-3-9-18-34)28-22-33-31-29(15-10-19-35(28)31)37-23-25-12-4-2-5-13-25/h2,4-7,10-15,19,22,27H,3,8-9,16-18,20-21,23H2,1H3,(H,32,36). The van der Waals surface area contributed by atoms with Gasteiger partial charge < -0.3 is 19.4 Å². The molecular weight excluding hydrogens is 460 g/mol. The fourth-order valence-electron chi connectivity index (χ4n) is 5.26. The van der Waals surface area contributed by atoms with E-state index in [9.17, 15) is 4.79 Å². The second-order valence-electron chi connectivity index (χ2n) is 9.89. The zero-order chi connectivity index (χ0) is 25.5. The molecule has 2 aromatic carbocycles. The number of carbonyl (C=O) groups is 1. The van der Waals surface area contributed by atoms with Crippen molar-refractivity contribution in [1.82, 2.24) is 19.6 Å². The highest BCUT2D eigenvalue weighted by Gasteiger charge is 2.24. The quantitative estimate of drug-likeness (QED) is 0.322. The minimum Gasteiger partial charge on any atom is -0.485 e. The molecule has 1 amide bonds. The van der Waals surface area contributed by atoms with Gasteiger partial charge >= 0.3 is 0 Å². The van der Waals surface area contributed by atoms with Crippen LogP contribution in [0.2, 0.25) is 0 Å². The predicted octanol–water partition coefficient (Wildman–Crippen LogP) is 5.35. The van der Waals surface area contributed by atoms with Gasteiger partial charge in [-0.3, -0.25) is 4.79 Å². The van der Waals surface area contributed by atoms with Crippen molar-refractivity contribution >= 4 is 11.6 Å². The molecule has 6 heteroatoms. The van der Waals surface area contributed by atoms with E-state index in [1.165, 1.54) is 24.8 Å². The molecule has 1 atom stereocenters. The largest absolute Gasteiger partial charge is 0.485 e. The summed E-state index contributed by atoms with van der Waals surface area (Å²) in [6.45, 7) is 6.45. The van der Waals surface area contributed by atoms with Gasteiger partial charge in [0.05, 0.1) is 5.69 Å². The van der Waals surface area contributed by atoms with Crippen LogP contribution in [-0.2, 0) is 11.4 Å². The summed E-state index contributed by atoms with van der Waals surface area (Å²) in [6, 6.07) is 22.4. The Kier molecular flexibility index (Phi) is 8.16. The topological polar surface area (TPSA) is 58.9 Å². The van der Waals surface area contributed by atoms with E-state index in [0.29, 0.717) is 19.6 Å². The predicted molar refractivity (Wildman–Crippen MR) is 147 cm³/mol. The van der Waals surface area contributed by atoms with Crippen LogP contribution in [0, 0.1) is 6.92 Å². The maximum absolute atomic E-state index is 13.2. The minimum absolute atomic E-state index is 0.0664. The second kappa shape index (κ2) is 12.1. The Morgan fingerprint density at radius 1 is 1.00 bits per heavy atom. The number of ether oxygens (including phenoxy) is 1. The molecule has 192 valence electrons. The van der Waals surface area contributed by atoms with Crippen molar-refractivity contribution in [3.05, 3.63) is 102 Å². The summed E-state index contributed by atoms with van der Waals surface area (Å²) in [5.41, 5.74) is 5.17. The number of pyridine rings is 1. The Balaban J connectivity index is 1.35. The molecule has 0 radical (unpaired) electrons. The SMILES string of the molecule is Cc1ccccc1C(CC(=O)NCCN1CCCCC1)c1cnc2c(OCc3ccccc3)cccn12. The van der Waals surface area contributed by atoms with Crippen molar-refractivity contribution in [2.75, 3.05) is 26.2 Å². The average Bonchev–Trinajstić information content (AvgIpc) is 3.37. The van der Waals surface area contributed by atoms with Crippen LogP contribution in [0.1, 0.15) is 54.0 Å². The number of rotatable bonds is 10. The molecule has 0 saturated carbocycles. The number of hydrogen-bond acceptors (Lipinski definition) is 4. The van der Waals surface area contributed by atoms with E-state index in [1.807, 2.05) is 54.9 Å². The fourth-order valence-corrected chi connectivity index (χ4v) is 5.26. The number of carbonyl (C=O) groups excluding carboxylic acids is 1. The molecular formula is C31H36N4O2. The number of benzene rings is 2. The van der Waals surface area contributed by atoms with Gasteiger partial charge in [-0.1, -0.05) is 61.0 Å². The summed E-state index contributed by atoms with van der Waals surface area (Å²) in [5, 5.41) is 3.17. The van der Waals surface area contributed by atoms with Gasteiger partial charge in [-0.05, 0) is 61.7 Å². The van der Waals surface area contributed by atoms with Crippen molar-refractivity contribution in [2.45, 2.75) is 45.1 Å². The van der Waals surface area contributed by atoms with Crippen LogP contribution >= 0.6 is 0 Å². The fraction of sp³-hybridized carbons (Fsp3) is 0.355. The van der Waals surface area contributed by atoms with Gasteiger partial charge in [0.2, 0.25) is 5.91 Å². The molecule has 1 N–H and O–H groups in total. The van der Waals surface area contributed by atoms with Gasteiger partial charge in [0.15, 0.2) is 11.4 Å². The molecule has 1 fully saturated rings. The number of likely N-dealkylation sites (tertiary alicyclic amines) is 1. The highest BCUT2D eigenvalue weighted by atomic mass is 16.5. The van der Waals surface area contributed by atoms with E-state index in [-0.39, 0.29) is 11.8 Å². The molecule has 5 rings (SSSR count). The van der Waals surface area contributed by atoms with Gasteiger partial charge in [-0.25, -0.2) is 4.98 Å². The number of imidazole rings is 1. The van der Waals surface area contributed by atoms with Gasteiger partial charge in [-0.2, -0.15) is 0 Å². The molecule has 2 aromatic heterocycles. The van der Waals surface area contributed by atoms with E-state index in [0.717, 1.165) is 47.9 Å². The second-order valence-corrected chi connectivity index (χ2v) is 9.89. The number of aromatic nitrogens is 2. The molecule has 37 heavy (non-hydrogen) atoms. The average molecular weight is 497 g/mol. The van der Waals surface area contributed by atoms with Crippen LogP contribution in [-0.4, -0.2) is 46.4 Å². The van der Waals surface area contributed by atoms with E-state index < -0.39 is 0 Å². The molecule has 0 spiro atoms. The van der Waals surface area contributed by atoms with E-state index in [1.54, 1.807) is 0 Å². The first kappa shape index (κ1) is 25.0. The van der Waals surface area contributed by atoms with Crippen molar-refractivity contribution < 1.29 is 9.53 Å². The Morgan fingerprint density at radius 3 is 2.59 bits per heavy atom. The van der Waals surface area contributed by atoms with Gasteiger partial charge in [0.1, 0.15) is 6.61 Å². The first-order chi connectivity index (χ1) is 18.2. The third kappa shape index (κ3) is 6.20. The van der Waals surface area contributed by atoms with E-state index >= 15 is 0 Å². The lowest BCUT2D eigenvalue weighted by atomic mass is 9.89. The van der Waals surface area contributed by atoms with Crippen molar-refractivity contribution in [1.29, 1.82) is 0 Å². The Hall–Kier alpha value is -3.64. The summed E-state index contributed by atoms with van der Waals surface area (Å²) in [4.78, 5) is 20.3. The number of nitrogens with one attached hydrogen (secondary N) is 1. The van der Waals surface area contributed by atoms with Crippen LogP contribution in [0.25, 0.3) is 5.65 Å². The van der Waals surface area contributed by atoms with Crippen molar-refractivity contribution in [3.63, 3.8) is 0 Å². The highest BCUT2D eigenvalue weighted by molar-refractivity contribution is 5.77. The van der Waals surface area contributed by atoms with Crippen LogP contribution in [0.5, 0.6) is 5.75 Å². The lowest BCUT2D eigenvalue weighted by Crippen LogP contribution is -2.38. The first-order valence-corrected chi connectivity index (χ1v) is 13.4. The van der Waals surface area contributed by atoms with Gasteiger partial charge in [0.25, 0.3) is 0 Å². The van der Waals surface area contributed by atoms with Gasteiger partial charge in [-0.15, -0.1) is 0 Å². The molecule has 1 aliphatic heterocycles. The summed E-state index contributed by atoms with van der Waals surface area (Å²) < 4.78 is 8.22. The maximum atomic E-state index is 13.2. The molecule has 4 aromatic rings. The lowest BCUT2D eigenvalue weighted by molar-refractivity contribution is -0.121. The summed E-state index contributed by atoms with van der Waals surface area (Å²) in [6.07, 6.45) is 8.10. The number of hydrogen-bond donors (Lipinski definition) is 1. The lowest BCUT2D eigenvalue weighted by Gasteiger charge is -2.26. The van der Waals surface area contributed by atoms with Crippen LogP contribution < -0.4 is 10.1 Å². The Labute approximate surface area is 219 Å². The number of fused-ring (bicyclic) bond motifs is 1. The molecule has 1 saturated heterocycles. The maximum Gasteiger partial charge on any atom is 0.221 e. The van der Waals surface area contributed by atoms with Gasteiger partial charge in [0, 0.05) is 37.8 Å². The molecule has 1 aliphatic rings. The van der Waals surface area contributed by atoms with Crippen molar-refractivity contribution in [3.8, 4) is 5.75 Å². The van der Waals surface area contributed by atoms with E-state index in [2.05, 4.69) is 45.8 Å². The van der Waals surface area contributed by atoms with Crippen LogP contribution in [0.3, 0.4) is 0 Å². The Morgan fingerprint density at radius 2 is 1.78 bits per heavy atom.